The summed E-state index contributed by atoms with van der Waals surface area (Å²) in [5, 5.41) is 3.01. The lowest BCUT2D eigenvalue weighted by molar-refractivity contribution is -0.117. The van der Waals surface area contributed by atoms with E-state index in [1.54, 1.807) is 30.3 Å². The number of piperazine rings is 1. The van der Waals surface area contributed by atoms with Gasteiger partial charge < -0.3 is 10.2 Å². The lowest BCUT2D eigenvalue weighted by atomic mass is 10.1. The van der Waals surface area contributed by atoms with Crippen LogP contribution in [0.1, 0.15) is 18.4 Å². The van der Waals surface area contributed by atoms with Crippen molar-refractivity contribution in [2.75, 3.05) is 56.0 Å². The number of hydrogen-bond acceptors (Lipinski definition) is 5. The van der Waals surface area contributed by atoms with Crippen molar-refractivity contribution >= 4 is 27.3 Å². The van der Waals surface area contributed by atoms with Gasteiger partial charge in [-0.1, -0.05) is 18.2 Å². The summed E-state index contributed by atoms with van der Waals surface area (Å²) in [6, 6.07) is 14.7. The minimum atomic E-state index is -3.48. The van der Waals surface area contributed by atoms with E-state index in [0.29, 0.717) is 31.1 Å². The fraction of sp³-hybridized carbons (Fsp3) is 0.435. The Morgan fingerprint density at radius 2 is 1.61 bits per heavy atom. The van der Waals surface area contributed by atoms with Crippen LogP contribution in [0.4, 0.5) is 11.4 Å². The molecule has 7 nitrogen and oxygen atoms in total. The maximum absolute atomic E-state index is 12.7. The Bertz CT molecular complexity index is 1010. The van der Waals surface area contributed by atoms with Gasteiger partial charge in [0.2, 0.25) is 15.9 Å². The number of benzene rings is 2. The SMILES string of the molecule is Cc1cc(N2CCCC2)ccc1NC(=O)CN1CCN(S(=O)(=O)c2ccccc2)CC1. The van der Waals surface area contributed by atoms with Gasteiger partial charge in [0, 0.05) is 50.6 Å². The third-order valence-electron chi connectivity index (χ3n) is 6.03. The Labute approximate surface area is 184 Å². The first-order valence-electron chi connectivity index (χ1n) is 10.9. The van der Waals surface area contributed by atoms with Crippen LogP contribution in [0.2, 0.25) is 0 Å². The number of carbonyl (C=O) groups excluding carboxylic acids is 1. The van der Waals surface area contributed by atoms with E-state index in [0.717, 1.165) is 24.3 Å². The predicted molar refractivity (Wildman–Crippen MR) is 123 cm³/mol. The molecule has 2 saturated heterocycles. The summed E-state index contributed by atoms with van der Waals surface area (Å²) in [6.07, 6.45) is 2.47. The summed E-state index contributed by atoms with van der Waals surface area (Å²) in [7, 11) is -3.48. The summed E-state index contributed by atoms with van der Waals surface area (Å²) >= 11 is 0. The number of nitrogens with one attached hydrogen (secondary N) is 1. The maximum atomic E-state index is 12.7. The third-order valence-corrected chi connectivity index (χ3v) is 7.95. The van der Waals surface area contributed by atoms with Crippen molar-refractivity contribution in [3.8, 4) is 0 Å². The van der Waals surface area contributed by atoms with Crippen LogP contribution in [0.15, 0.2) is 53.4 Å². The topological polar surface area (TPSA) is 73.0 Å². The second-order valence-electron chi connectivity index (χ2n) is 8.23. The number of hydrogen-bond donors (Lipinski definition) is 1. The molecule has 0 saturated carbocycles. The van der Waals surface area contributed by atoms with Crippen molar-refractivity contribution in [2.24, 2.45) is 0 Å². The number of carbonyl (C=O) groups is 1. The van der Waals surface area contributed by atoms with E-state index in [9.17, 15) is 13.2 Å². The molecule has 2 aromatic rings. The predicted octanol–water partition coefficient (Wildman–Crippen LogP) is 2.54. The highest BCUT2D eigenvalue weighted by atomic mass is 32.2. The number of anilines is 2. The average molecular weight is 443 g/mol. The molecule has 0 aliphatic carbocycles. The normalized spacial score (nSPS) is 18.3. The second kappa shape index (κ2) is 9.38. The number of sulfonamides is 1. The summed E-state index contributed by atoms with van der Waals surface area (Å²) in [5.74, 6) is -0.0728. The molecule has 2 aliphatic rings. The third kappa shape index (κ3) is 5.08. The van der Waals surface area contributed by atoms with Gasteiger partial charge >= 0.3 is 0 Å². The highest BCUT2D eigenvalue weighted by Gasteiger charge is 2.29. The smallest absolute Gasteiger partial charge is 0.243 e. The van der Waals surface area contributed by atoms with Crippen LogP contribution in [0.25, 0.3) is 0 Å². The maximum Gasteiger partial charge on any atom is 0.243 e. The zero-order valence-corrected chi connectivity index (χ0v) is 18.8. The molecule has 4 rings (SSSR count). The van der Waals surface area contributed by atoms with Crippen LogP contribution in [-0.2, 0) is 14.8 Å². The summed E-state index contributed by atoms with van der Waals surface area (Å²) < 4.78 is 27.0. The van der Waals surface area contributed by atoms with Crippen LogP contribution < -0.4 is 10.2 Å². The van der Waals surface area contributed by atoms with E-state index < -0.39 is 10.0 Å². The molecule has 1 N–H and O–H groups in total. The largest absolute Gasteiger partial charge is 0.372 e. The quantitative estimate of drug-likeness (QED) is 0.744. The van der Waals surface area contributed by atoms with Gasteiger partial charge in [-0.05, 0) is 55.7 Å². The molecule has 0 unspecified atom stereocenters. The number of aryl methyl sites for hydroxylation is 1. The fourth-order valence-electron chi connectivity index (χ4n) is 4.22. The molecular formula is C23H30N4O3S. The van der Waals surface area contributed by atoms with Gasteiger partial charge in [-0.2, -0.15) is 4.31 Å². The summed E-state index contributed by atoms with van der Waals surface area (Å²) in [4.78, 5) is 17.3. The van der Waals surface area contributed by atoms with E-state index in [2.05, 4.69) is 22.3 Å². The van der Waals surface area contributed by atoms with E-state index in [4.69, 9.17) is 0 Å². The van der Waals surface area contributed by atoms with Gasteiger partial charge in [0.1, 0.15) is 0 Å². The number of nitrogens with zero attached hydrogens (tertiary/aromatic N) is 3. The van der Waals surface area contributed by atoms with Crippen molar-refractivity contribution in [3.63, 3.8) is 0 Å². The lowest BCUT2D eigenvalue weighted by Crippen LogP contribution is -2.50. The van der Waals surface area contributed by atoms with Gasteiger partial charge in [0.25, 0.3) is 0 Å². The summed E-state index contributed by atoms with van der Waals surface area (Å²) in [6.45, 7) is 6.30. The molecule has 31 heavy (non-hydrogen) atoms. The van der Waals surface area contributed by atoms with Crippen molar-refractivity contribution in [1.29, 1.82) is 0 Å². The van der Waals surface area contributed by atoms with Gasteiger partial charge in [-0.15, -0.1) is 0 Å². The Hall–Kier alpha value is -2.42. The zero-order valence-electron chi connectivity index (χ0n) is 18.0. The lowest BCUT2D eigenvalue weighted by Gasteiger charge is -2.33. The second-order valence-corrected chi connectivity index (χ2v) is 10.2. The van der Waals surface area contributed by atoms with Crippen molar-refractivity contribution in [2.45, 2.75) is 24.7 Å². The van der Waals surface area contributed by atoms with Crippen molar-refractivity contribution < 1.29 is 13.2 Å². The monoisotopic (exact) mass is 442 g/mol. The standard InChI is InChI=1S/C23H30N4O3S/c1-19-17-20(26-11-5-6-12-26)9-10-22(19)24-23(28)18-25-13-15-27(16-14-25)31(29,30)21-7-3-2-4-8-21/h2-4,7-10,17H,5-6,11-16,18H2,1H3,(H,24,28). The first kappa shape index (κ1) is 21.8. The molecule has 166 valence electrons. The Kier molecular flexibility index (Phi) is 6.60. The highest BCUT2D eigenvalue weighted by Crippen LogP contribution is 2.25. The van der Waals surface area contributed by atoms with Crippen molar-refractivity contribution in [1.82, 2.24) is 9.21 Å². The van der Waals surface area contributed by atoms with Crippen LogP contribution >= 0.6 is 0 Å². The first-order chi connectivity index (χ1) is 14.9. The van der Waals surface area contributed by atoms with Gasteiger partial charge in [0.05, 0.1) is 11.4 Å². The number of rotatable bonds is 6. The van der Waals surface area contributed by atoms with Crippen LogP contribution in [-0.4, -0.2) is 69.3 Å². The van der Waals surface area contributed by atoms with Gasteiger partial charge in [-0.3, -0.25) is 9.69 Å². The fourth-order valence-corrected chi connectivity index (χ4v) is 5.67. The molecule has 1 amide bonds. The molecule has 0 bridgehead atoms. The van der Waals surface area contributed by atoms with Gasteiger partial charge in [0.15, 0.2) is 0 Å². The van der Waals surface area contributed by atoms with E-state index in [-0.39, 0.29) is 12.5 Å². The minimum Gasteiger partial charge on any atom is -0.372 e. The Balaban J connectivity index is 1.29. The highest BCUT2D eigenvalue weighted by molar-refractivity contribution is 7.89. The van der Waals surface area contributed by atoms with Crippen LogP contribution in [0, 0.1) is 6.92 Å². The van der Waals surface area contributed by atoms with Crippen LogP contribution in [0.5, 0.6) is 0 Å². The van der Waals surface area contributed by atoms with Crippen molar-refractivity contribution in [3.05, 3.63) is 54.1 Å². The molecule has 0 aromatic heterocycles. The molecule has 0 spiro atoms. The molecule has 2 fully saturated rings. The molecule has 0 radical (unpaired) electrons. The average Bonchev–Trinajstić information content (AvgIpc) is 3.31. The van der Waals surface area contributed by atoms with Crippen LogP contribution in [0.3, 0.4) is 0 Å². The molecule has 8 heteroatoms. The Morgan fingerprint density at radius 3 is 2.26 bits per heavy atom. The molecule has 2 aliphatic heterocycles. The first-order valence-corrected chi connectivity index (χ1v) is 12.3. The number of amides is 1. The van der Waals surface area contributed by atoms with Gasteiger partial charge in [-0.25, -0.2) is 8.42 Å². The minimum absolute atomic E-state index is 0.0728. The zero-order chi connectivity index (χ0) is 21.8. The summed E-state index contributed by atoms with van der Waals surface area (Å²) in [5.41, 5.74) is 3.10. The van der Waals surface area contributed by atoms with E-state index in [1.165, 1.54) is 22.8 Å². The van der Waals surface area contributed by atoms with E-state index >= 15 is 0 Å². The Morgan fingerprint density at radius 1 is 0.935 bits per heavy atom. The van der Waals surface area contributed by atoms with E-state index in [1.807, 2.05) is 17.9 Å². The molecular weight excluding hydrogens is 412 g/mol. The molecule has 2 aromatic carbocycles. The molecule has 2 heterocycles. The molecule has 0 atom stereocenters.